The molecule has 0 aliphatic rings. The summed E-state index contributed by atoms with van der Waals surface area (Å²) < 4.78 is 15.1. The van der Waals surface area contributed by atoms with Gasteiger partial charge in [-0.15, -0.1) is 0 Å². The monoisotopic (exact) mass is 536 g/mol. The predicted molar refractivity (Wildman–Crippen MR) is 108 cm³/mol. The molecular formula is C22H31BiO2. The molecule has 2 aromatic carbocycles. The molecule has 2 rings (SSSR count). The minimum atomic E-state index is -2.02. The first kappa shape index (κ1) is 20.6. The second-order valence-corrected chi connectivity index (χ2v) is 17.7. The van der Waals surface area contributed by atoms with Gasteiger partial charge in [-0.25, -0.2) is 0 Å². The van der Waals surface area contributed by atoms with Crippen LogP contribution >= 0.6 is 0 Å². The number of methoxy groups -OCH3 is 2. The summed E-state index contributed by atoms with van der Waals surface area (Å²) in [6.45, 7) is 10.8. The molecule has 0 N–H and O–H groups in total. The summed E-state index contributed by atoms with van der Waals surface area (Å²) in [5, 5.41) is 0. The first-order chi connectivity index (χ1) is 11.8. The quantitative estimate of drug-likeness (QED) is 0.488. The van der Waals surface area contributed by atoms with Crippen molar-refractivity contribution in [1.82, 2.24) is 0 Å². The van der Waals surface area contributed by atoms with Crippen LogP contribution in [0.4, 0.5) is 0 Å². The van der Waals surface area contributed by atoms with Crippen molar-refractivity contribution in [3.05, 3.63) is 64.2 Å². The summed E-state index contributed by atoms with van der Waals surface area (Å²) in [5.74, 6) is 0. The van der Waals surface area contributed by atoms with Crippen molar-refractivity contribution in [2.45, 2.75) is 48.7 Å². The molecule has 0 aliphatic heterocycles. The topological polar surface area (TPSA) is 18.5 Å². The van der Waals surface area contributed by atoms with E-state index in [0.29, 0.717) is 13.2 Å². The van der Waals surface area contributed by atoms with E-state index in [0.717, 1.165) is 0 Å². The van der Waals surface area contributed by atoms with Crippen LogP contribution in [0.1, 0.15) is 41.7 Å². The zero-order chi connectivity index (χ0) is 18.6. The van der Waals surface area contributed by atoms with Gasteiger partial charge in [-0.05, 0) is 0 Å². The van der Waals surface area contributed by atoms with Crippen LogP contribution in [0.15, 0.2) is 36.4 Å². The first-order valence-electron chi connectivity index (χ1n) is 8.73. The van der Waals surface area contributed by atoms with Crippen LogP contribution in [0.3, 0.4) is 0 Å². The number of rotatable bonds is 7. The summed E-state index contributed by atoms with van der Waals surface area (Å²) in [6.07, 6.45) is 0. The molecule has 0 aliphatic carbocycles. The Hall–Kier alpha value is -0.757. The molecule has 0 atom stereocenters. The van der Waals surface area contributed by atoms with E-state index >= 15 is 0 Å². The Bertz CT molecular complexity index is 722. The van der Waals surface area contributed by atoms with Crippen LogP contribution in [0.2, 0.25) is 4.63 Å². The third-order valence-corrected chi connectivity index (χ3v) is 17.5. The van der Waals surface area contributed by atoms with Gasteiger partial charge >= 0.3 is 162 Å². The maximum absolute atomic E-state index is 5.39. The molecule has 0 heterocycles. The molecule has 0 spiro atoms. The number of benzene rings is 2. The number of hydrogen-bond donors (Lipinski definition) is 0. The molecule has 0 radical (unpaired) electrons. The van der Waals surface area contributed by atoms with Crippen molar-refractivity contribution < 1.29 is 9.47 Å². The van der Waals surface area contributed by atoms with Gasteiger partial charge in [0.05, 0.1) is 0 Å². The molecule has 0 saturated carbocycles. The molecule has 136 valence electrons. The van der Waals surface area contributed by atoms with Crippen LogP contribution in [-0.4, -0.2) is 36.0 Å². The molecule has 0 unspecified atom stereocenters. The standard InChI is InChI=1S/C12H17O.C9H11O.CH3.Bi/c1-9(2)12-7-5-6-11(8-13-4)10(12)3;1-8-5-3-4-6-9(8)7-10-2;;/h5-7H,8H2,1-4H3;3-4,6H,7H2,1-2H3;1H3;. The second-order valence-electron chi connectivity index (χ2n) is 7.14. The van der Waals surface area contributed by atoms with E-state index in [2.05, 4.69) is 68.7 Å². The first-order valence-corrected chi connectivity index (χ1v) is 15.7. The van der Waals surface area contributed by atoms with Crippen molar-refractivity contribution in [2.24, 2.45) is 0 Å². The van der Waals surface area contributed by atoms with E-state index in [1.54, 1.807) is 17.5 Å². The van der Waals surface area contributed by atoms with E-state index in [1.165, 1.54) is 27.8 Å². The Morgan fingerprint density at radius 1 is 0.840 bits per heavy atom. The predicted octanol–water partition coefficient (Wildman–Crippen LogP) is 4.44. The number of hydrogen-bond acceptors (Lipinski definition) is 2. The van der Waals surface area contributed by atoms with Crippen LogP contribution in [0, 0.1) is 13.8 Å². The minimum absolute atomic E-state index is 0.222. The molecule has 0 amide bonds. The van der Waals surface area contributed by atoms with E-state index in [9.17, 15) is 0 Å². The van der Waals surface area contributed by atoms with Crippen LogP contribution < -0.4 is 3.27 Å². The Morgan fingerprint density at radius 2 is 1.36 bits per heavy atom. The fourth-order valence-electron chi connectivity index (χ4n) is 3.49. The molecular weight excluding hydrogens is 505 g/mol. The van der Waals surface area contributed by atoms with Crippen molar-refractivity contribution in [3.63, 3.8) is 0 Å². The fraction of sp³-hybridized carbons (Fsp3) is 0.455. The van der Waals surface area contributed by atoms with Crippen LogP contribution in [0.5, 0.6) is 0 Å². The molecule has 0 saturated heterocycles. The van der Waals surface area contributed by atoms with E-state index in [1.807, 2.05) is 0 Å². The molecule has 25 heavy (non-hydrogen) atoms. The zero-order valence-electron chi connectivity index (χ0n) is 16.6. The molecule has 2 aromatic rings. The van der Waals surface area contributed by atoms with Gasteiger partial charge in [0.25, 0.3) is 0 Å². The summed E-state index contributed by atoms with van der Waals surface area (Å²) in [7, 11) is 3.54. The van der Waals surface area contributed by atoms with Gasteiger partial charge in [-0.2, -0.15) is 0 Å². The van der Waals surface area contributed by atoms with Gasteiger partial charge < -0.3 is 0 Å². The van der Waals surface area contributed by atoms with E-state index in [-0.39, 0.29) is 3.12 Å². The molecule has 2 nitrogen and oxygen atoms in total. The van der Waals surface area contributed by atoms with Gasteiger partial charge in [0, 0.05) is 0 Å². The Kier molecular flexibility index (Phi) is 7.20. The summed E-state index contributed by atoms with van der Waals surface area (Å²) in [5.41, 5.74) is 6.93. The Morgan fingerprint density at radius 3 is 1.92 bits per heavy atom. The fourth-order valence-corrected chi connectivity index (χ4v) is 11.9. The Balaban J connectivity index is 2.46. The van der Waals surface area contributed by atoms with Gasteiger partial charge in [-0.3, -0.25) is 0 Å². The molecule has 0 bridgehead atoms. The third kappa shape index (κ3) is 4.33. The third-order valence-electron chi connectivity index (χ3n) is 5.32. The van der Waals surface area contributed by atoms with Crippen molar-refractivity contribution >= 4 is 25.0 Å². The summed E-state index contributed by atoms with van der Waals surface area (Å²) in [4.78, 5) is 0. The molecule has 0 aromatic heterocycles. The van der Waals surface area contributed by atoms with E-state index in [4.69, 9.17) is 9.47 Å². The Labute approximate surface area is 161 Å². The van der Waals surface area contributed by atoms with Crippen molar-refractivity contribution in [2.75, 3.05) is 14.2 Å². The molecule has 3 heteroatoms. The van der Waals surface area contributed by atoms with Gasteiger partial charge in [0.1, 0.15) is 0 Å². The SMILES string of the molecule is COCc1ccc[c]([Bi]([CH3])[C](C)(C)c2cccc(COC)c2C)c1C. The van der Waals surface area contributed by atoms with Crippen molar-refractivity contribution in [3.8, 4) is 0 Å². The van der Waals surface area contributed by atoms with Crippen molar-refractivity contribution in [1.29, 1.82) is 0 Å². The van der Waals surface area contributed by atoms with Gasteiger partial charge in [0.15, 0.2) is 0 Å². The normalized spacial score (nSPS) is 12.0. The number of ether oxygens (including phenoxy) is 2. The summed E-state index contributed by atoms with van der Waals surface area (Å²) in [6, 6.07) is 13.4. The zero-order valence-corrected chi connectivity index (χ0v) is 20.1. The van der Waals surface area contributed by atoms with Crippen LogP contribution in [-0.2, 0) is 25.8 Å². The van der Waals surface area contributed by atoms with E-state index < -0.39 is 21.8 Å². The van der Waals surface area contributed by atoms with Gasteiger partial charge in [0.2, 0.25) is 0 Å². The van der Waals surface area contributed by atoms with Crippen LogP contribution in [0.25, 0.3) is 0 Å². The summed E-state index contributed by atoms with van der Waals surface area (Å²) >= 11 is -2.02. The van der Waals surface area contributed by atoms with Gasteiger partial charge in [-0.1, -0.05) is 0 Å². The second kappa shape index (κ2) is 8.75. The molecule has 0 fully saturated rings. The average Bonchev–Trinajstić information content (AvgIpc) is 2.58. The maximum atomic E-state index is 5.39. The average molecular weight is 536 g/mol.